The van der Waals surface area contributed by atoms with Gasteiger partial charge in [-0.2, -0.15) is 4.31 Å². The minimum absolute atomic E-state index is 0.116. The molecule has 0 bridgehead atoms. The molecule has 0 aromatic heterocycles. The van der Waals surface area contributed by atoms with E-state index in [9.17, 15) is 13.2 Å². The molecule has 166 valence electrons. The molecule has 2 aromatic carbocycles. The third-order valence-electron chi connectivity index (χ3n) is 6.74. The number of carbonyl (C=O) groups is 1. The molecule has 31 heavy (non-hydrogen) atoms. The van der Waals surface area contributed by atoms with Gasteiger partial charge in [0.15, 0.2) is 0 Å². The van der Waals surface area contributed by atoms with E-state index in [1.807, 2.05) is 42.2 Å². The molecule has 0 N–H and O–H groups in total. The second-order valence-corrected chi connectivity index (χ2v) is 11.0. The van der Waals surface area contributed by atoms with Crippen LogP contribution in [-0.4, -0.2) is 42.7 Å². The first-order valence-corrected chi connectivity index (χ1v) is 12.7. The maximum Gasteiger partial charge on any atom is 0.243 e. The Kier molecular flexibility index (Phi) is 6.49. The van der Waals surface area contributed by atoms with Gasteiger partial charge in [-0.1, -0.05) is 48.0 Å². The van der Waals surface area contributed by atoms with E-state index in [-0.39, 0.29) is 17.9 Å². The lowest BCUT2D eigenvalue weighted by molar-refractivity contribution is -0.140. The van der Waals surface area contributed by atoms with Crippen LogP contribution in [0.25, 0.3) is 0 Å². The Bertz CT molecular complexity index is 993. The minimum Gasteiger partial charge on any atom is -0.335 e. The Balaban J connectivity index is 1.43. The van der Waals surface area contributed by atoms with Gasteiger partial charge in [0.05, 0.1) is 4.90 Å². The number of nitrogens with zero attached hydrogens (tertiary/aromatic N) is 2. The van der Waals surface area contributed by atoms with Gasteiger partial charge >= 0.3 is 0 Å². The Morgan fingerprint density at radius 3 is 2.19 bits per heavy atom. The molecule has 1 saturated carbocycles. The lowest BCUT2D eigenvalue weighted by atomic mass is 9.95. The Hall–Kier alpha value is -2.18. The Labute approximate surface area is 186 Å². The van der Waals surface area contributed by atoms with Crippen LogP contribution in [-0.2, 0) is 21.4 Å². The van der Waals surface area contributed by atoms with Crippen molar-refractivity contribution in [1.82, 2.24) is 9.21 Å². The van der Waals surface area contributed by atoms with Gasteiger partial charge < -0.3 is 4.90 Å². The summed E-state index contributed by atoms with van der Waals surface area (Å²) in [6.45, 7) is 5.51. The SMILES string of the molecule is Cc1ccc(S(=O)(=O)N2CCC(C(=O)N(Cc3ccccc3)C(C)C3CC3)CC2)cc1. The summed E-state index contributed by atoms with van der Waals surface area (Å²) < 4.78 is 27.5. The number of benzene rings is 2. The fraction of sp³-hybridized carbons (Fsp3) is 0.480. The highest BCUT2D eigenvalue weighted by Gasteiger charge is 2.38. The molecule has 2 aliphatic rings. The van der Waals surface area contributed by atoms with Crippen molar-refractivity contribution >= 4 is 15.9 Å². The molecule has 1 heterocycles. The number of hydrogen-bond donors (Lipinski definition) is 0. The van der Waals surface area contributed by atoms with E-state index >= 15 is 0 Å². The van der Waals surface area contributed by atoms with Crippen molar-refractivity contribution in [2.24, 2.45) is 11.8 Å². The molecule has 5 nitrogen and oxygen atoms in total. The molecule has 1 aliphatic heterocycles. The molecular formula is C25H32N2O3S. The summed E-state index contributed by atoms with van der Waals surface area (Å²) in [5, 5.41) is 0. The predicted molar refractivity (Wildman–Crippen MR) is 122 cm³/mol. The molecule has 1 atom stereocenters. The van der Waals surface area contributed by atoms with Crippen molar-refractivity contribution in [2.45, 2.75) is 57.0 Å². The van der Waals surface area contributed by atoms with Crippen molar-refractivity contribution in [3.05, 3.63) is 65.7 Å². The van der Waals surface area contributed by atoms with E-state index in [2.05, 4.69) is 19.1 Å². The van der Waals surface area contributed by atoms with E-state index in [1.54, 1.807) is 12.1 Å². The number of amides is 1. The van der Waals surface area contributed by atoms with E-state index in [1.165, 1.54) is 17.1 Å². The number of sulfonamides is 1. The normalized spacial score (nSPS) is 19.2. The summed E-state index contributed by atoms with van der Waals surface area (Å²) in [7, 11) is -3.51. The quantitative estimate of drug-likeness (QED) is 0.648. The summed E-state index contributed by atoms with van der Waals surface area (Å²) in [4.78, 5) is 15.9. The first-order valence-electron chi connectivity index (χ1n) is 11.3. The van der Waals surface area contributed by atoms with Gasteiger partial charge in [0, 0.05) is 31.6 Å². The van der Waals surface area contributed by atoms with Gasteiger partial charge in [0.1, 0.15) is 0 Å². The molecule has 0 spiro atoms. The highest BCUT2D eigenvalue weighted by atomic mass is 32.2. The molecule has 1 unspecified atom stereocenters. The third-order valence-corrected chi connectivity index (χ3v) is 8.65. The lowest BCUT2D eigenvalue weighted by Crippen LogP contribution is -2.47. The van der Waals surface area contributed by atoms with Gasteiger partial charge in [-0.3, -0.25) is 4.79 Å². The zero-order chi connectivity index (χ0) is 22.0. The predicted octanol–water partition coefficient (Wildman–Crippen LogP) is 4.22. The molecule has 4 rings (SSSR count). The fourth-order valence-electron chi connectivity index (χ4n) is 4.47. The van der Waals surface area contributed by atoms with Crippen LogP contribution in [0.5, 0.6) is 0 Å². The van der Waals surface area contributed by atoms with Crippen LogP contribution in [0.1, 0.15) is 43.7 Å². The maximum atomic E-state index is 13.5. The summed E-state index contributed by atoms with van der Waals surface area (Å²) >= 11 is 0. The van der Waals surface area contributed by atoms with E-state index in [4.69, 9.17) is 0 Å². The average Bonchev–Trinajstić information content (AvgIpc) is 3.63. The second-order valence-electron chi connectivity index (χ2n) is 9.02. The minimum atomic E-state index is -3.51. The second kappa shape index (κ2) is 9.13. The summed E-state index contributed by atoms with van der Waals surface area (Å²) in [5.74, 6) is 0.652. The number of aryl methyl sites for hydroxylation is 1. The topological polar surface area (TPSA) is 57.7 Å². The fourth-order valence-corrected chi connectivity index (χ4v) is 5.94. The van der Waals surface area contributed by atoms with Crippen LogP contribution in [0.2, 0.25) is 0 Å². The van der Waals surface area contributed by atoms with Gasteiger partial charge in [0.25, 0.3) is 0 Å². The van der Waals surface area contributed by atoms with E-state index in [0.717, 1.165) is 11.1 Å². The Morgan fingerprint density at radius 1 is 1.00 bits per heavy atom. The molecule has 2 aromatic rings. The van der Waals surface area contributed by atoms with Crippen molar-refractivity contribution < 1.29 is 13.2 Å². The molecule has 6 heteroatoms. The molecule has 2 fully saturated rings. The summed E-state index contributed by atoms with van der Waals surface area (Å²) in [6.07, 6.45) is 3.53. The van der Waals surface area contributed by atoms with Crippen LogP contribution in [0.15, 0.2) is 59.5 Å². The van der Waals surface area contributed by atoms with Gasteiger partial charge in [-0.15, -0.1) is 0 Å². The van der Waals surface area contributed by atoms with Crippen molar-refractivity contribution in [1.29, 1.82) is 0 Å². The monoisotopic (exact) mass is 440 g/mol. The van der Waals surface area contributed by atoms with Crippen LogP contribution in [0.3, 0.4) is 0 Å². The molecule has 0 radical (unpaired) electrons. The first-order chi connectivity index (χ1) is 14.9. The van der Waals surface area contributed by atoms with Crippen molar-refractivity contribution in [2.75, 3.05) is 13.1 Å². The molecular weight excluding hydrogens is 408 g/mol. The van der Waals surface area contributed by atoms with Crippen LogP contribution in [0.4, 0.5) is 0 Å². The van der Waals surface area contributed by atoms with Crippen molar-refractivity contribution in [3.8, 4) is 0 Å². The smallest absolute Gasteiger partial charge is 0.243 e. The molecule has 1 aliphatic carbocycles. The average molecular weight is 441 g/mol. The standard InChI is InChI=1S/C25H32N2O3S/c1-19-8-12-24(13-9-19)31(29,30)26-16-14-23(15-17-26)25(28)27(20(2)22-10-11-22)18-21-6-4-3-5-7-21/h3-9,12-13,20,22-23H,10-11,14-18H2,1-2H3. The number of rotatable bonds is 7. The number of piperidine rings is 1. The van der Waals surface area contributed by atoms with Gasteiger partial charge in [-0.05, 0) is 63.1 Å². The Morgan fingerprint density at radius 2 is 1.61 bits per heavy atom. The summed E-state index contributed by atoms with van der Waals surface area (Å²) in [6, 6.07) is 17.3. The van der Waals surface area contributed by atoms with Gasteiger partial charge in [0.2, 0.25) is 15.9 Å². The number of carbonyl (C=O) groups excluding carboxylic acids is 1. The van der Waals surface area contributed by atoms with Crippen molar-refractivity contribution in [3.63, 3.8) is 0 Å². The molecule has 1 saturated heterocycles. The van der Waals surface area contributed by atoms with Gasteiger partial charge in [-0.25, -0.2) is 8.42 Å². The van der Waals surface area contributed by atoms with E-state index in [0.29, 0.717) is 43.3 Å². The van der Waals surface area contributed by atoms with E-state index < -0.39 is 10.0 Å². The third kappa shape index (κ3) is 5.01. The highest BCUT2D eigenvalue weighted by Crippen LogP contribution is 2.37. The zero-order valence-corrected chi connectivity index (χ0v) is 19.2. The number of hydrogen-bond acceptors (Lipinski definition) is 3. The lowest BCUT2D eigenvalue weighted by Gasteiger charge is -2.36. The van der Waals surface area contributed by atoms with Crippen LogP contribution in [0, 0.1) is 18.8 Å². The first kappa shape index (κ1) is 22.0. The largest absolute Gasteiger partial charge is 0.335 e. The highest BCUT2D eigenvalue weighted by molar-refractivity contribution is 7.89. The van der Waals surface area contributed by atoms with Crippen LogP contribution >= 0.6 is 0 Å². The maximum absolute atomic E-state index is 13.5. The zero-order valence-electron chi connectivity index (χ0n) is 18.4. The summed E-state index contributed by atoms with van der Waals surface area (Å²) in [5.41, 5.74) is 2.18. The molecule has 1 amide bonds. The van der Waals surface area contributed by atoms with Crippen LogP contribution < -0.4 is 0 Å².